The van der Waals surface area contributed by atoms with E-state index in [9.17, 15) is 0 Å². The molecule has 11 heteroatoms. The SMILES string of the molecule is CO[Si](C)(OC)C(C[Si](C)(O[Si](C)(C)C)O[Si](C)(C)C)[Si](C)(OC)OC. The molecule has 0 fully saturated rings. The largest absolute Gasteiger partial charge is 0.437 e. The summed E-state index contributed by atoms with van der Waals surface area (Å²) in [5.41, 5.74) is 0. The third-order valence-electron chi connectivity index (χ3n) is 4.51. The van der Waals surface area contributed by atoms with Gasteiger partial charge in [-0.3, -0.25) is 0 Å². The highest BCUT2D eigenvalue weighted by Crippen LogP contribution is 2.42. The van der Waals surface area contributed by atoms with Gasteiger partial charge in [-0.25, -0.2) is 0 Å². The van der Waals surface area contributed by atoms with Crippen LogP contribution in [0.4, 0.5) is 0 Å². The van der Waals surface area contributed by atoms with E-state index in [4.69, 9.17) is 25.9 Å². The van der Waals surface area contributed by atoms with Gasteiger partial charge in [-0.05, 0) is 65.0 Å². The summed E-state index contributed by atoms with van der Waals surface area (Å²) in [6.45, 7) is 19.6. The second kappa shape index (κ2) is 9.56. The molecule has 0 rings (SSSR count). The molecule has 6 nitrogen and oxygen atoms in total. The molecule has 26 heavy (non-hydrogen) atoms. The minimum Gasteiger partial charge on any atom is -0.437 e. The van der Waals surface area contributed by atoms with Crippen LogP contribution < -0.4 is 0 Å². The minimum atomic E-state index is -2.55. The molecule has 0 aliphatic rings. The van der Waals surface area contributed by atoms with Crippen LogP contribution in [0.5, 0.6) is 0 Å². The van der Waals surface area contributed by atoms with Crippen molar-refractivity contribution in [3.05, 3.63) is 0 Å². The Morgan fingerprint density at radius 3 is 1.00 bits per heavy atom. The van der Waals surface area contributed by atoms with Gasteiger partial charge in [0.1, 0.15) is 0 Å². The maximum Gasteiger partial charge on any atom is 0.339 e. The van der Waals surface area contributed by atoms with Gasteiger partial charge in [0, 0.05) is 33.6 Å². The summed E-state index contributed by atoms with van der Waals surface area (Å²) in [6, 6.07) is 0.760. The lowest BCUT2D eigenvalue weighted by atomic mass is 10.9. The Morgan fingerprint density at radius 2 is 0.808 bits per heavy atom. The van der Waals surface area contributed by atoms with Crippen LogP contribution in [0.3, 0.4) is 0 Å². The molecule has 0 saturated carbocycles. The fraction of sp³-hybridized carbons (Fsp3) is 1.00. The van der Waals surface area contributed by atoms with Gasteiger partial charge >= 0.3 is 25.7 Å². The molecule has 0 unspecified atom stereocenters. The molecule has 158 valence electrons. The Hall–Kier alpha value is 0.844. The number of hydrogen-bond donors (Lipinski definition) is 0. The molecule has 0 aliphatic heterocycles. The third kappa shape index (κ3) is 8.07. The van der Waals surface area contributed by atoms with Crippen molar-refractivity contribution in [2.45, 2.75) is 70.1 Å². The van der Waals surface area contributed by atoms with E-state index in [0.29, 0.717) is 0 Å². The Kier molecular flexibility index (Phi) is 9.87. The van der Waals surface area contributed by atoms with Crippen LogP contribution in [0.25, 0.3) is 0 Å². The summed E-state index contributed by atoms with van der Waals surface area (Å²) in [7, 11) is -4.28. The Balaban J connectivity index is 6.13. The zero-order valence-electron chi connectivity index (χ0n) is 19.2. The molecule has 0 saturated heterocycles. The summed E-state index contributed by atoms with van der Waals surface area (Å²) in [4.78, 5) is 0. The Labute approximate surface area is 166 Å². The Bertz CT molecular complexity index is 395. The number of rotatable bonds is 12. The second-order valence-corrected chi connectivity index (χ2v) is 29.6. The first-order valence-corrected chi connectivity index (χ1v) is 23.2. The van der Waals surface area contributed by atoms with Crippen molar-refractivity contribution in [3.63, 3.8) is 0 Å². The van der Waals surface area contributed by atoms with Gasteiger partial charge in [-0.2, -0.15) is 0 Å². The maximum atomic E-state index is 6.71. The molecule has 0 heterocycles. The van der Waals surface area contributed by atoms with Crippen LogP contribution in [0.1, 0.15) is 0 Å². The van der Waals surface area contributed by atoms with Crippen LogP contribution >= 0.6 is 0 Å². The van der Waals surface area contributed by atoms with Gasteiger partial charge in [0.25, 0.3) is 0 Å². The molecule has 0 aromatic heterocycles. The lowest BCUT2D eigenvalue weighted by molar-refractivity contribution is 0.209. The first-order valence-electron chi connectivity index (χ1n) is 9.11. The van der Waals surface area contributed by atoms with Crippen molar-refractivity contribution >= 4 is 42.3 Å². The van der Waals surface area contributed by atoms with Crippen LogP contribution in [-0.2, 0) is 25.9 Å². The van der Waals surface area contributed by atoms with E-state index in [1.165, 1.54) is 0 Å². The topological polar surface area (TPSA) is 55.4 Å². The Morgan fingerprint density at radius 1 is 0.538 bits per heavy atom. The smallest absolute Gasteiger partial charge is 0.339 e. The first kappa shape index (κ1) is 26.8. The predicted molar refractivity (Wildman–Crippen MR) is 120 cm³/mol. The molecule has 0 aromatic rings. The zero-order chi connectivity index (χ0) is 21.0. The van der Waals surface area contributed by atoms with Gasteiger partial charge in [0.2, 0.25) is 0 Å². The zero-order valence-corrected chi connectivity index (χ0v) is 24.2. The average Bonchev–Trinajstić information content (AvgIpc) is 2.47. The van der Waals surface area contributed by atoms with E-state index < -0.39 is 42.3 Å². The van der Waals surface area contributed by atoms with E-state index in [1.54, 1.807) is 28.4 Å². The first-order chi connectivity index (χ1) is 11.5. The summed E-state index contributed by atoms with van der Waals surface area (Å²) < 4.78 is 37.1. The van der Waals surface area contributed by atoms with E-state index in [-0.39, 0.29) is 5.16 Å². The molecule has 0 radical (unpaired) electrons. The lowest BCUT2D eigenvalue weighted by Crippen LogP contribution is -2.61. The standard InChI is InChI=1S/C15H42O6Si5/c1-16-25(12,17-2)15(26(13,18-3)19-4)14-24(11,20-22(5,6)7)21-23(8,9)10/h15H,14H2,1-13H3. The summed E-state index contributed by atoms with van der Waals surface area (Å²) in [5.74, 6) is 0. The van der Waals surface area contributed by atoms with Gasteiger partial charge in [0.05, 0.1) is 0 Å². The van der Waals surface area contributed by atoms with E-state index >= 15 is 0 Å². The monoisotopic (exact) mass is 458 g/mol. The highest BCUT2D eigenvalue weighted by atomic mass is 28.5. The summed E-state index contributed by atoms with van der Waals surface area (Å²) >= 11 is 0. The lowest BCUT2D eigenvalue weighted by Gasteiger charge is -2.46. The van der Waals surface area contributed by atoms with Crippen LogP contribution in [0.15, 0.2) is 0 Å². The highest BCUT2D eigenvalue weighted by molar-refractivity contribution is 6.92. The fourth-order valence-electron chi connectivity index (χ4n) is 3.35. The molecular formula is C15H42O6Si5. The molecule has 0 amide bonds. The minimum absolute atomic E-state index is 0.0318. The maximum absolute atomic E-state index is 6.71. The number of hydrogen-bond acceptors (Lipinski definition) is 6. The molecule has 0 atom stereocenters. The van der Waals surface area contributed by atoms with Crippen LogP contribution in [0, 0.1) is 0 Å². The van der Waals surface area contributed by atoms with Crippen molar-refractivity contribution in [1.29, 1.82) is 0 Å². The van der Waals surface area contributed by atoms with E-state index in [2.05, 4.69) is 58.9 Å². The van der Waals surface area contributed by atoms with Crippen molar-refractivity contribution in [2.24, 2.45) is 0 Å². The van der Waals surface area contributed by atoms with Crippen LogP contribution in [-0.4, -0.2) is 70.8 Å². The molecular weight excluding hydrogens is 417 g/mol. The van der Waals surface area contributed by atoms with Gasteiger partial charge in [-0.15, -0.1) is 0 Å². The van der Waals surface area contributed by atoms with Crippen LogP contribution in [0.2, 0.25) is 70.1 Å². The van der Waals surface area contributed by atoms with Crippen molar-refractivity contribution in [2.75, 3.05) is 28.4 Å². The quantitative estimate of drug-likeness (QED) is 0.404. The molecule has 0 aromatic carbocycles. The van der Waals surface area contributed by atoms with Crippen molar-refractivity contribution in [1.82, 2.24) is 0 Å². The fourth-order valence-corrected chi connectivity index (χ4v) is 27.6. The predicted octanol–water partition coefficient (Wildman–Crippen LogP) is 4.40. The molecule has 0 bridgehead atoms. The van der Waals surface area contributed by atoms with Gasteiger partial charge in [-0.1, -0.05) is 0 Å². The normalized spacial score (nSPS) is 15.0. The summed E-state index contributed by atoms with van der Waals surface area (Å²) in [5, 5.41) is 0.0318. The van der Waals surface area contributed by atoms with Gasteiger partial charge in [0.15, 0.2) is 16.6 Å². The summed E-state index contributed by atoms with van der Waals surface area (Å²) in [6.07, 6.45) is 0. The van der Waals surface area contributed by atoms with Crippen molar-refractivity contribution in [3.8, 4) is 0 Å². The average molecular weight is 459 g/mol. The molecule has 0 aliphatic carbocycles. The molecule has 0 spiro atoms. The van der Waals surface area contributed by atoms with Gasteiger partial charge < -0.3 is 25.9 Å². The second-order valence-electron chi connectivity index (χ2n) is 9.17. The van der Waals surface area contributed by atoms with E-state index in [1.807, 2.05) is 0 Å². The molecule has 0 N–H and O–H groups in total. The van der Waals surface area contributed by atoms with E-state index in [0.717, 1.165) is 6.04 Å². The highest BCUT2D eigenvalue weighted by Gasteiger charge is 2.58. The third-order valence-corrected chi connectivity index (χ3v) is 24.2. The van der Waals surface area contributed by atoms with Crippen molar-refractivity contribution < 1.29 is 25.9 Å².